The van der Waals surface area contributed by atoms with Gasteiger partial charge in [-0.3, -0.25) is 19.5 Å². The number of nitrogens with zero attached hydrogens (tertiary/aromatic N) is 2. The fourth-order valence-electron chi connectivity index (χ4n) is 2.07. The number of carbonyl (C=O) groups is 2. The van der Waals surface area contributed by atoms with E-state index in [4.69, 9.17) is 0 Å². The Hall–Kier alpha value is -1.91. The van der Waals surface area contributed by atoms with Crippen LogP contribution in [0.25, 0.3) is 0 Å². The van der Waals surface area contributed by atoms with Gasteiger partial charge < -0.3 is 5.32 Å². The number of hydrogen-bond donors (Lipinski definition) is 1. The molecule has 1 aliphatic heterocycles. The summed E-state index contributed by atoms with van der Waals surface area (Å²) in [5, 5.41) is 2.75. The minimum atomic E-state index is -0.425. The summed E-state index contributed by atoms with van der Waals surface area (Å²) in [6.45, 7) is 4.13. The first-order valence-electron chi connectivity index (χ1n) is 6.08. The maximum atomic E-state index is 12.3. The summed E-state index contributed by atoms with van der Waals surface area (Å²) in [6, 6.07) is 3.12. The molecule has 18 heavy (non-hydrogen) atoms. The molecule has 0 aromatic carbocycles. The van der Waals surface area contributed by atoms with Crippen LogP contribution in [0.15, 0.2) is 24.5 Å². The van der Waals surface area contributed by atoms with Crippen LogP contribution in [0.5, 0.6) is 0 Å². The van der Waals surface area contributed by atoms with Crippen molar-refractivity contribution in [2.75, 3.05) is 11.4 Å². The predicted molar refractivity (Wildman–Crippen MR) is 68.0 cm³/mol. The Bertz CT molecular complexity index is 445. The van der Waals surface area contributed by atoms with Gasteiger partial charge in [0, 0.05) is 6.20 Å². The average molecular weight is 247 g/mol. The Morgan fingerprint density at radius 3 is 2.89 bits per heavy atom. The van der Waals surface area contributed by atoms with Crippen LogP contribution in [-0.2, 0) is 9.59 Å². The number of piperazine rings is 1. The van der Waals surface area contributed by atoms with Gasteiger partial charge in [-0.25, -0.2) is 0 Å². The third-order valence-electron chi connectivity index (χ3n) is 2.87. The Balaban J connectivity index is 2.20. The molecule has 1 aromatic rings. The highest BCUT2D eigenvalue weighted by Crippen LogP contribution is 2.18. The fourth-order valence-corrected chi connectivity index (χ4v) is 2.07. The van der Waals surface area contributed by atoms with Crippen LogP contribution in [0.3, 0.4) is 0 Å². The van der Waals surface area contributed by atoms with E-state index >= 15 is 0 Å². The zero-order valence-electron chi connectivity index (χ0n) is 10.6. The zero-order valence-corrected chi connectivity index (χ0v) is 10.6. The van der Waals surface area contributed by atoms with Crippen LogP contribution in [0.4, 0.5) is 5.69 Å². The summed E-state index contributed by atoms with van der Waals surface area (Å²) in [7, 11) is 0. The van der Waals surface area contributed by atoms with Crippen LogP contribution in [0.2, 0.25) is 0 Å². The quantitative estimate of drug-likeness (QED) is 0.865. The minimum Gasteiger partial charge on any atom is -0.343 e. The van der Waals surface area contributed by atoms with Crippen molar-refractivity contribution >= 4 is 17.5 Å². The van der Waals surface area contributed by atoms with E-state index in [1.807, 2.05) is 13.8 Å². The topological polar surface area (TPSA) is 62.3 Å². The lowest BCUT2D eigenvalue weighted by atomic mass is 10.0. The van der Waals surface area contributed by atoms with E-state index in [1.165, 1.54) is 4.90 Å². The molecule has 1 atom stereocenters. The number of hydrogen-bond acceptors (Lipinski definition) is 3. The van der Waals surface area contributed by atoms with Crippen molar-refractivity contribution in [2.24, 2.45) is 5.92 Å². The molecule has 1 aliphatic rings. The number of anilines is 1. The molecule has 2 heterocycles. The van der Waals surface area contributed by atoms with E-state index in [-0.39, 0.29) is 18.4 Å². The normalized spacial score (nSPS) is 20.2. The second kappa shape index (κ2) is 5.16. The lowest BCUT2D eigenvalue weighted by molar-refractivity contribution is -0.131. The number of nitrogens with one attached hydrogen (secondary N) is 1. The number of pyridine rings is 1. The van der Waals surface area contributed by atoms with E-state index in [2.05, 4.69) is 10.3 Å². The Labute approximate surface area is 106 Å². The van der Waals surface area contributed by atoms with Gasteiger partial charge in [-0.1, -0.05) is 13.8 Å². The van der Waals surface area contributed by atoms with E-state index in [9.17, 15) is 9.59 Å². The minimum absolute atomic E-state index is 0.0590. The van der Waals surface area contributed by atoms with Crippen LogP contribution in [0, 0.1) is 5.92 Å². The molecule has 2 rings (SSSR count). The molecule has 1 fully saturated rings. The molecule has 5 nitrogen and oxygen atoms in total. The molecule has 0 bridgehead atoms. The Morgan fingerprint density at radius 1 is 1.50 bits per heavy atom. The molecule has 0 spiro atoms. The Kier molecular flexibility index (Phi) is 3.60. The van der Waals surface area contributed by atoms with E-state index in [1.54, 1.807) is 24.5 Å². The summed E-state index contributed by atoms with van der Waals surface area (Å²) >= 11 is 0. The molecule has 1 saturated heterocycles. The molecule has 0 aliphatic carbocycles. The average Bonchev–Trinajstić information content (AvgIpc) is 2.34. The third-order valence-corrected chi connectivity index (χ3v) is 2.87. The lowest BCUT2D eigenvalue weighted by Gasteiger charge is -2.33. The summed E-state index contributed by atoms with van der Waals surface area (Å²) in [5.41, 5.74) is 0.672. The SMILES string of the molecule is CC(C)CC1NC(=O)CN(c2cccnc2)C1=O. The monoisotopic (exact) mass is 247 g/mol. The van der Waals surface area contributed by atoms with Crippen molar-refractivity contribution in [3.8, 4) is 0 Å². The summed E-state index contributed by atoms with van der Waals surface area (Å²) in [5.74, 6) is 0.175. The largest absolute Gasteiger partial charge is 0.343 e. The van der Waals surface area contributed by atoms with Gasteiger partial charge in [0.25, 0.3) is 0 Å². The standard InChI is InChI=1S/C13H17N3O2/c1-9(2)6-11-13(18)16(8-12(17)15-11)10-4-3-5-14-7-10/h3-5,7,9,11H,6,8H2,1-2H3,(H,15,17). The maximum Gasteiger partial charge on any atom is 0.250 e. The van der Waals surface area contributed by atoms with Crippen molar-refractivity contribution < 1.29 is 9.59 Å². The second-order valence-electron chi connectivity index (χ2n) is 4.89. The number of rotatable bonds is 3. The van der Waals surface area contributed by atoms with Crippen LogP contribution < -0.4 is 10.2 Å². The highest BCUT2D eigenvalue weighted by molar-refractivity contribution is 6.06. The van der Waals surface area contributed by atoms with E-state index in [0.29, 0.717) is 18.0 Å². The lowest BCUT2D eigenvalue weighted by Crippen LogP contribution is -2.58. The zero-order chi connectivity index (χ0) is 13.1. The first-order chi connectivity index (χ1) is 8.58. The summed E-state index contributed by atoms with van der Waals surface area (Å²) in [6.07, 6.45) is 3.90. The van der Waals surface area contributed by atoms with Crippen molar-refractivity contribution in [3.05, 3.63) is 24.5 Å². The van der Waals surface area contributed by atoms with Gasteiger partial charge >= 0.3 is 0 Å². The van der Waals surface area contributed by atoms with Gasteiger partial charge in [0.05, 0.1) is 11.9 Å². The molecule has 1 N–H and O–H groups in total. The molecule has 2 amide bonds. The fraction of sp³-hybridized carbons (Fsp3) is 0.462. The van der Waals surface area contributed by atoms with Crippen molar-refractivity contribution in [3.63, 3.8) is 0 Å². The first kappa shape index (κ1) is 12.5. The first-order valence-corrected chi connectivity index (χ1v) is 6.08. The molecule has 0 saturated carbocycles. The molecule has 0 radical (unpaired) electrons. The second-order valence-corrected chi connectivity index (χ2v) is 4.89. The van der Waals surface area contributed by atoms with Gasteiger partial charge in [0.2, 0.25) is 11.8 Å². The van der Waals surface area contributed by atoms with Crippen LogP contribution in [0.1, 0.15) is 20.3 Å². The summed E-state index contributed by atoms with van der Waals surface area (Å²) in [4.78, 5) is 29.4. The molecular weight excluding hydrogens is 230 g/mol. The van der Waals surface area contributed by atoms with Gasteiger partial charge in [-0.2, -0.15) is 0 Å². The third kappa shape index (κ3) is 2.67. The smallest absolute Gasteiger partial charge is 0.250 e. The highest BCUT2D eigenvalue weighted by Gasteiger charge is 2.33. The number of carbonyl (C=O) groups excluding carboxylic acids is 2. The molecule has 96 valence electrons. The maximum absolute atomic E-state index is 12.3. The van der Waals surface area contributed by atoms with Crippen molar-refractivity contribution in [2.45, 2.75) is 26.3 Å². The van der Waals surface area contributed by atoms with E-state index in [0.717, 1.165) is 0 Å². The van der Waals surface area contributed by atoms with Gasteiger partial charge in [-0.15, -0.1) is 0 Å². The van der Waals surface area contributed by atoms with Crippen LogP contribution in [-0.4, -0.2) is 29.4 Å². The molecular formula is C13H17N3O2. The van der Waals surface area contributed by atoms with Crippen molar-refractivity contribution in [1.82, 2.24) is 10.3 Å². The van der Waals surface area contributed by atoms with Gasteiger partial charge in [-0.05, 0) is 24.5 Å². The van der Waals surface area contributed by atoms with Gasteiger partial charge in [0.15, 0.2) is 0 Å². The summed E-state index contributed by atoms with van der Waals surface area (Å²) < 4.78 is 0. The van der Waals surface area contributed by atoms with Gasteiger partial charge in [0.1, 0.15) is 12.6 Å². The number of aromatic nitrogens is 1. The molecule has 1 aromatic heterocycles. The molecule has 5 heteroatoms. The number of amides is 2. The van der Waals surface area contributed by atoms with Crippen LogP contribution >= 0.6 is 0 Å². The predicted octanol–water partition coefficient (Wildman–Crippen LogP) is 0.959. The molecule has 1 unspecified atom stereocenters. The van der Waals surface area contributed by atoms with E-state index < -0.39 is 6.04 Å². The van der Waals surface area contributed by atoms with Crippen molar-refractivity contribution in [1.29, 1.82) is 0 Å². The Morgan fingerprint density at radius 2 is 2.28 bits per heavy atom. The highest BCUT2D eigenvalue weighted by atomic mass is 16.2.